The Morgan fingerprint density at radius 2 is 1.93 bits per heavy atom. The number of benzene rings is 1. The van der Waals surface area contributed by atoms with Gasteiger partial charge < -0.3 is 5.32 Å². The molecule has 0 aromatic heterocycles. The van der Waals surface area contributed by atoms with E-state index in [2.05, 4.69) is 17.2 Å². The van der Waals surface area contributed by atoms with Crippen LogP contribution in [0.2, 0.25) is 10.0 Å². The highest BCUT2D eigenvalue weighted by atomic mass is 35.5. The molecule has 0 aliphatic rings. The summed E-state index contributed by atoms with van der Waals surface area (Å²) in [5.74, 6) is 5.27. The van der Waals surface area contributed by atoms with Crippen molar-refractivity contribution in [3.8, 4) is 11.8 Å². The molecule has 80 valence electrons. The van der Waals surface area contributed by atoms with Crippen LogP contribution in [-0.2, 0) is 0 Å². The van der Waals surface area contributed by atoms with Crippen molar-refractivity contribution in [1.29, 1.82) is 0 Å². The highest BCUT2D eigenvalue weighted by Gasteiger charge is 2.05. The summed E-state index contributed by atoms with van der Waals surface area (Å²) in [6, 6.07) is 2.41. The second-order valence-electron chi connectivity index (χ2n) is 2.90. The summed E-state index contributed by atoms with van der Waals surface area (Å²) in [7, 11) is 1.85. The minimum Gasteiger partial charge on any atom is -0.319 e. The maximum Gasteiger partial charge on any atom is 0.126 e. The third kappa shape index (κ3) is 3.71. The predicted octanol–water partition coefficient (Wildman–Crippen LogP) is 3.09. The van der Waals surface area contributed by atoms with Gasteiger partial charge in [0.05, 0.1) is 15.6 Å². The van der Waals surface area contributed by atoms with Gasteiger partial charge in [0.15, 0.2) is 0 Å². The maximum atomic E-state index is 12.8. The number of halogens is 3. The molecule has 0 radical (unpaired) electrons. The highest BCUT2D eigenvalue weighted by molar-refractivity contribution is 6.36. The molecule has 0 amide bonds. The van der Waals surface area contributed by atoms with Gasteiger partial charge in [-0.2, -0.15) is 0 Å². The average Bonchev–Trinajstić information content (AvgIpc) is 2.15. The third-order valence-corrected chi connectivity index (χ3v) is 2.32. The summed E-state index contributed by atoms with van der Waals surface area (Å²) in [4.78, 5) is 0. The summed E-state index contributed by atoms with van der Waals surface area (Å²) in [6.07, 6.45) is 0.695. The van der Waals surface area contributed by atoms with E-state index in [4.69, 9.17) is 23.2 Å². The fourth-order valence-electron chi connectivity index (χ4n) is 1.00. The van der Waals surface area contributed by atoms with Gasteiger partial charge in [0.2, 0.25) is 0 Å². The Hall–Kier alpha value is -0.750. The molecule has 15 heavy (non-hydrogen) atoms. The van der Waals surface area contributed by atoms with Crippen LogP contribution in [0, 0.1) is 17.7 Å². The fourth-order valence-corrected chi connectivity index (χ4v) is 1.55. The molecule has 0 unspecified atom stereocenters. The third-order valence-electron chi connectivity index (χ3n) is 1.72. The Labute approximate surface area is 98.6 Å². The molecule has 0 heterocycles. The summed E-state index contributed by atoms with van der Waals surface area (Å²) in [6.45, 7) is 0.795. The standard InChI is InChI=1S/C11H10Cl2FN/c1-15-5-3-2-4-9-10(12)6-8(14)7-11(9)13/h6-7,15H,3,5H2,1H3. The van der Waals surface area contributed by atoms with Gasteiger partial charge in [0.25, 0.3) is 0 Å². The molecule has 1 rings (SSSR count). The molecule has 0 atom stereocenters. The molecule has 0 saturated heterocycles. The van der Waals surface area contributed by atoms with Crippen molar-refractivity contribution >= 4 is 23.2 Å². The zero-order chi connectivity index (χ0) is 11.3. The van der Waals surface area contributed by atoms with Crippen LogP contribution >= 0.6 is 23.2 Å². The Morgan fingerprint density at radius 3 is 2.47 bits per heavy atom. The second kappa shape index (κ2) is 5.97. The number of nitrogens with one attached hydrogen (secondary N) is 1. The molecule has 0 fully saturated rings. The van der Waals surface area contributed by atoms with E-state index < -0.39 is 5.82 Å². The molecule has 0 bridgehead atoms. The largest absolute Gasteiger partial charge is 0.319 e. The van der Waals surface area contributed by atoms with Gasteiger partial charge in [-0.25, -0.2) is 4.39 Å². The quantitative estimate of drug-likeness (QED) is 0.624. The van der Waals surface area contributed by atoms with Crippen LogP contribution in [0.15, 0.2) is 12.1 Å². The molecule has 0 spiro atoms. The first-order chi connectivity index (χ1) is 7.15. The summed E-state index contributed by atoms with van der Waals surface area (Å²) in [5, 5.41) is 3.46. The number of rotatable bonds is 2. The lowest BCUT2D eigenvalue weighted by Crippen LogP contribution is -2.05. The van der Waals surface area contributed by atoms with Gasteiger partial charge in [-0.15, -0.1) is 0 Å². The van der Waals surface area contributed by atoms with Gasteiger partial charge in [-0.3, -0.25) is 0 Å². The molecule has 4 heteroatoms. The molecule has 0 aliphatic carbocycles. The van der Waals surface area contributed by atoms with Gasteiger partial charge in [-0.1, -0.05) is 35.0 Å². The second-order valence-corrected chi connectivity index (χ2v) is 3.71. The van der Waals surface area contributed by atoms with E-state index in [0.717, 1.165) is 6.54 Å². The minimum absolute atomic E-state index is 0.247. The first kappa shape index (κ1) is 12.3. The molecule has 1 N–H and O–H groups in total. The van der Waals surface area contributed by atoms with Gasteiger partial charge in [-0.05, 0) is 19.2 Å². The van der Waals surface area contributed by atoms with E-state index in [-0.39, 0.29) is 10.0 Å². The van der Waals surface area contributed by atoms with Crippen molar-refractivity contribution in [2.24, 2.45) is 0 Å². The van der Waals surface area contributed by atoms with Crippen LogP contribution in [0.4, 0.5) is 4.39 Å². The zero-order valence-electron chi connectivity index (χ0n) is 8.20. The van der Waals surface area contributed by atoms with Crippen LogP contribution in [0.25, 0.3) is 0 Å². The van der Waals surface area contributed by atoms with Crippen LogP contribution < -0.4 is 5.32 Å². The Balaban J connectivity index is 2.88. The van der Waals surface area contributed by atoms with Crippen molar-refractivity contribution in [3.05, 3.63) is 33.6 Å². The van der Waals surface area contributed by atoms with Crippen molar-refractivity contribution < 1.29 is 4.39 Å². The van der Waals surface area contributed by atoms with E-state index in [1.807, 2.05) is 7.05 Å². The normalized spacial score (nSPS) is 9.60. The summed E-state index contributed by atoms with van der Waals surface area (Å²) >= 11 is 11.6. The Kier molecular flexibility index (Phi) is 4.90. The molecule has 1 aromatic carbocycles. The van der Waals surface area contributed by atoms with Gasteiger partial charge in [0.1, 0.15) is 5.82 Å². The predicted molar refractivity (Wildman–Crippen MR) is 61.8 cm³/mol. The molecule has 0 aliphatic heterocycles. The van der Waals surface area contributed by atoms with E-state index in [1.54, 1.807) is 0 Å². The molecule has 0 saturated carbocycles. The van der Waals surface area contributed by atoms with Crippen LogP contribution in [0.1, 0.15) is 12.0 Å². The van der Waals surface area contributed by atoms with E-state index in [0.29, 0.717) is 12.0 Å². The SMILES string of the molecule is CNCCC#Cc1c(Cl)cc(F)cc1Cl. The average molecular weight is 246 g/mol. The molecular weight excluding hydrogens is 236 g/mol. The Bertz CT molecular complexity index is 384. The summed E-state index contributed by atoms with van der Waals surface area (Å²) < 4.78 is 12.8. The van der Waals surface area contributed by atoms with Gasteiger partial charge in [0, 0.05) is 13.0 Å². The van der Waals surface area contributed by atoms with Crippen LogP contribution in [0.5, 0.6) is 0 Å². The minimum atomic E-state index is -0.453. The maximum absolute atomic E-state index is 12.8. The summed E-state index contributed by atoms with van der Waals surface area (Å²) in [5.41, 5.74) is 0.482. The van der Waals surface area contributed by atoms with Crippen molar-refractivity contribution in [3.63, 3.8) is 0 Å². The smallest absolute Gasteiger partial charge is 0.126 e. The first-order valence-corrected chi connectivity index (χ1v) is 5.18. The van der Waals surface area contributed by atoms with Crippen molar-refractivity contribution in [2.75, 3.05) is 13.6 Å². The molecule has 1 aromatic rings. The van der Waals surface area contributed by atoms with E-state index in [1.165, 1.54) is 12.1 Å². The van der Waals surface area contributed by atoms with E-state index >= 15 is 0 Å². The lowest BCUT2D eigenvalue weighted by Gasteiger charge is -1.99. The van der Waals surface area contributed by atoms with Crippen LogP contribution in [-0.4, -0.2) is 13.6 Å². The molecule has 1 nitrogen and oxygen atoms in total. The lowest BCUT2D eigenvalue weighted by molar-refractivity contribution is 0.628. The number of hydrogen-bond donors (Lipinski definition) is 1. The fraction of sp³-hybridized carbons (Fsp3) is 0.273. The van der Waals surface area contributed by atoms with Gasteiger partial charge >= 0.3 is 0 Å². The number of hydrogen-bond acceptors (Lipinski definition) is 1. The lowest BCUT2D eigenvalue weighted by atomic mass is 10.2. The van der Waals surface area contributed by atoms with Crippen molar-refractivity contribution in [1.82, 2.24) is 5.32 Å². The first-order valence-electron chi connectivity index (χ1n) is 4.43. The zero-order valence-corrected chi connectivity index (χ0v) is 9.71. The van der Waals surface area contributed by atoms with Crippen molar-refractivity contribution in [2.45, 2.75) is 6.42 Å². The highest BCUT2D eigenvalue weighted by Crippen LogP contribution is 2.24. The Morgan fingerprint density at radius 1 is 1.33 bits per heavy atom. The monoisotopic (exact) mass is 245 g/mol. The topological polar surface area (TPSA) is 12.0 Å². The molecular formula is C11H10Cl2FN. The van der Waals surface area contributed by atoms with E-state index in [9.17, 15) is 4.39 Å². The van der Waals surface area contributed by atoms with Crippen LogP contribution in [0.3, 0.4) is 0 Å².